The molecule has 5 rings (SSSR count). The van der Waals surface area contributed by atoms with Gasteiger partial charge in [0.05, 0.1) is 22.9 Å². The fourth-order valence-electron chi connectivity index (χ4n) is 4.73. The van der Waals surface area contributed by atoms with Crippen LogP contribution in [0.1, 0.15) is 50.9 Å². The van der Waals surface area contributed by atoms with Crippen molar-refractivity contribution in [1.29, 1.82) is 0 Å². The van der Waals surface area contributed by atoms with E-state index < -0.39 is 10.8 Å². The second-order valence-corrected chi connectivity index (χ2v) is 8.93. The zero-order chi connectivity index (χ0) is 20.5. The summed E-state index contributed by atoms with van der Waals surface area (Å²) < 4.78 is 21.5. The summed E-state index contributed by atoms with van der Waals surface area (Å²) in [6, 6.07) is 14.7. The Morgan fingerprint density at radius 2 is 1.90 bits per heavy atom. The van der Waals surface area contributed by atoms with E-state index in [1.54, 1.807) is 0 Å². The summed E-state index contributed by atoms with van der Waals surface area (Å²) in [6.07, 6.45) is 3.46. The largest absolute Gasteiger partial charge is 0.492 e. The number of hydrogen-bond acceptors (Lipinski definition) is 3. The number of aromatic nitrogens is 1. The molecular formula is C24H30N2O2S. The third kappa shape index (κ3) is 3.40. The van der Waals surface area contributed by atoms with Crippen LogP contribution < -0.4 is 10.1 Å². The molecular weight excluding hydrogens is 380 g/mol. The molecule has 3 unspecified atom stereocenters. The van der Waals surface area contributed by atoms with Gasteiger partial charge in [0, 0.05) is 46.4 Å². The molecule has 1 aromatic heterocycles. The van der Waals surface area contributed by atoms with Crippen molar-refractivity contribution in [2.24, 2.45) is 7.05 Å². The van der Waals surface area contributed by atoms with Crippen molar-refractivity contribution in [1.82, 2.24) is 9.88 Å². The maximum absolute atomic E-state index is 13.2. The lowest BCUT2D eigenvalue weighted by Crippen LogP contribution is -2.32. The van der Waals surface area contributed by atoms with Crippen LogP contribution in [0, 0.1) is 0 Å². The molecule has 3 atom stereocenters. The van der Waals surface area contributed by atoms with Crippen LogP contribution in [0.5, 0.6) is 5.75 Å². The van der Waals surface area contributed by atoms with Crippen LogP contribution >= 0.6 is 0 Å². The maximum atomic E-state index is 13.2. The summed E-state index contributed by atoms with van der Waals surface area (Å²) >= 11 is 0. The van der Waals surface area contributed by atoms with Gasteiger partial charge in [-0.2, -0.15) is 0 Å². The fourth-order valence-corrected chi connectivity index (χ4v) is 5.85. The number of ether oxygens (including phenoxy) is 1. The lowest BCUT2D eigenvalue weighted by atomic mass is 9.99. The topological polar surface area (TPSA) is 43.3 Å². The second kappa shape index (κ2) is 8.33. The summed E-state index contributed by atoms with van der Waals surface area (Å²) in [5, 5.41) is 4.94. The first-order valence-corrected chi connectivity index (χ1v) is 11.8. The molecule has 29 heavy (non-hydrogen) atoms. The molecule has 1 N–H and O–H groups in total. The molecule has 0 aliphatic carbocycles. The molecule has 2 aromatic carbocycles. The molecule has 0 amide bonds. The first-order valence-electron chi connectivity index (χ1n) is 10.7. The van der Waals surface area contributed by atoms with E-state index >= 15 is 0 Å². The van der Waals surface area contributed by atoms with Crippen molar-refractivity contribution in [3.05, 3.63) is 53.7 Å². The summed E-state index contributed by atoms with van der Waals surface area (Å²) in [5.41, 5.74) is 3.92. The van der Waals surface area contributed by atoms with Crippen LogP contribution in [0.15, 0.2) is 52.3 Å². The van der Waals surface area contributed by atoms with E-state index in [1.165, 1.54) is 29.5 Å². The van der Waals surface area contributed by atoms with Gasteiger partial charge in [-0.25, -0.2) is 4.21 Å². The molecule has 5 heteroatoms. The van der Waals surface area contributed by atoms with E-state index in [0.29, 0.717) is 18.7 Å². The van der Waals surface area contributed by atoms with E-state index in [9.17, 15) is 4.21 Å². The van der Waals surface area contributed by atoms with Gasteiger partial charge in [-0.05, 0) is 49.6 Å². The second-order valence-electron chi connectivity index (χ2n) is 7.45. The lowest BCUT2D eigenvalue weighted by molar-refractivity contribution is 0.342. The fraction of sp³-hybridized carbons (Fsp3) is 0.417. The summed E-state index contributed by atoms with van der Waals surface area (Å²) in [5.74, 6) is 0.835. The Labute approximate surface area is 175 Å². The van der Waals surface area contributed by atoms with Gasteiger partial charge in [-0.15, -0.1) is 0 Å². The highest BCUT2D eigenvalue weighted by Crippen LogP contribution is 2.44. The van der Waals surface area contributed by atoms with Crippen molar-refractivity contribution < 1.29 is 8.95 Å². The molecule has 0 saturated carbocycles. The highest BCUT2D eigenvalue weighted by molar-refractivity contribution is 7.85. The van der Waals surface area contributed by atoms with E-state index in [1.807, 2.05) is 57.2 Å². The van der Waals surface area contributed by atoms with E-state index in [4.69, 9.17) is 4.74 Å². The number of hydrogen-bond donors (Lipinski definition) is 1. The molecule has 154 valence electrons. The van der Waals surface area contributed by atoms with Crippen molar-refractivity contribution in [2.45, 2.75) is 61.9 Å². The number of fused-ring (bicyclic) bond motifs is 6. The van der Waals surface area contributed by atoms with E-state index in [0.717, 1.165) is 27.5 Å². The van der Waals surface area contributed by atoms with Crippen LogP contribution in [0.3, 0.4) is 0 Å². The van der Waals surface area contributed by atoms with Crippen molar-refractivity contribution in [3.8, 4) is 5.75 Å². The zero-order valence-corrected chi connectivity index (χ0v) is 18.5. The maximum Gasteiger partial charge on any atom is 0.144 e. The number of nitrogens with zero attached hydrogens (tertiary/aromatic N) is 1. The number of rotatable bonds is 4. The van der Waals surface area contributed by atoms with Crippen molar-refractivity contribution in [2.75, 3.05) is 6.61 Å². The minimum Gasteiger partial charge on any atom is -0.492 e. The predicted octanol–water partition coefficient (Wildman–Crippen LogP) is 5.12. The van der Waals surface area contributed by atoms with Crippen LogP contribution in [-0.4, -0.2) is 21.4 Å². The summed E-state index contributed by atoms with van der Waals surface area (Å²) in [4.78, 5) is 1.63. The minimum atomic E-state index is -1.22. The first-order chi connectivity index (χ1) is 14.2. The van der Waals surface area contributed by atoms with Gasteiger partial charge in [0.1, 0.15) is 5.75 Å². The summed E-state index contributed by atoms with van der Waals surface area (Å²) in [7, 11) is 0.920. The lowest BCUT2D eigenvalue weighted by Gasteiger charge is -2.23. The monoisotopic (exact) mass is 410 g/mol. The van der Waals surface area contributed by atoms with Gasteiger partial charge in [0.15, 0.2) is 0 Å². The van der Waals surface area contributed by atoms with E-state index in [2.05, 4.69) is 23.0 Å². The van der Waals surface area contributed by atoms with Gasteiger partial charge >= 0.3 is 0 Å². The van der Waals surface area contributed by atoms with Crippen LogP contribution in [0.2, 0.25) is 0 Å². The van der Waals surface area contributed by atoms with Crippen molar-refractivity contribution >= 4 is 21.7 Å². The standard InChI is InChI=1S/C22H24N2O2S.C2H6/c1-3-26-20-13-16(27(25)15-7-5-4-6-8-15)12-17-21-18-10-9-14(23-18)11-19(21)24(2)22(17)20;1-2/h4-8,12-14,18,23H,3,9-11H2,1-2H3;1-2H3. The van der Waals surface area contributed by atoms with Crippen LogP contribution in [-0.2, 0) is 24.3 Å². The molecule has 3 heterocycles. The normalized spacial score (nSPS) is 20.7. The Balaban J connectivity index is 0.000000994. The Morgan fingerprint density at radius 1 is 1.14 bits per heavy atom. The molecule has 2 bridgehead atoms. The number of nitrogens with one attached hydrogen (secondary N) is 1. The van der Waals surface area contributed by atoms with Crippen LogP contribution in [0.4, 0.5) is 0 Å². The SMILES string of the molecule is CC.CCOc1cc(S(=O)c2ccccc2)cc2c3c(n(C)c12)CC1CCC3N1. The molecule has 1 fully saturated rings. The Morgan fingerprint density at radius 3 is 2.62 bits per heavy atom. The van der Waals surface area contributed by atoms with Gasteiger partial charge in [-0.3, -0.25) is 0 Å². The zero-order valence-electron chi connectivity index (χ0n) is 17.7. The number of aryl methyl sites for hydroxylation is 1. The third-order valence-corrected chi connectivity index (χ3v) is 7.25. The highest BCUT2D eigenvalue weighted by atomic mass is 32.2. The van der Waals surface area contributed by atoms with Gasteiger partial charge in [-0.1, -0.05) is 32.0 Å². The average molecular weight is 411 g/mol. The van der Waals surface area contributed by atoms with Crippen molar-refractivity contribution in [3.63, 3.8) is 0 Å². The molecule has 2 aliphatic rings. The Hall–Kier alpha value is -2.11. The highest BCUT2D eigenvalue weighted by Gasteiger charge is 2.36. The predicted molar refractivity (Wildman–Crippen MR) is 119 cm³/mol. The molecule has 0 spiro atoms. The van der Waals surface area contributed by atoms with Gasteiger partial charge < -0.3 is 14.6 Å². The van der Waals surface area contributed by atoms with Gasteiger partial charge in [0.2, 0.25) is 0 Å². The minimum absolute atomic E-state index is 0.400. The molecule has 2 aliphatic heterocycles. The quantitative estimate of drug-likeness (QED) is 0.649. The third-order valence-electron chi connectivity index (χ3n) is 5.89. The van der Waals surface area contributed by atoms with Crippen LogP contribution in [0.25, 0.3) is 10.9 Å². The van der Waals surface area contributed by atoms with E-state index in [-0.39, 0.29) is 0 Å². The molecule has 0 radical (unpaired) electrons. The first kappa shape index (κ1) is 20.2. The Bertz CT molecular complexity index is 1040. The molecule has 1 saturated heterocycles. The average Bonchev–Trinajstić information content (AvgIpc) is 3.28. The van der Waals surface area contributed by atoms with Gasteiger partial charge in [0.25, 0.3) is 0 Å². The number of benzene rings is 2. The Kier molecular flexibility index (Phi) is 5.79. The summed E-state index contributed by atoms with van der Waals surface area (Å²) in [6.45, 7) is 6.59. The molecule has 3 aromatic rings. The molecule has 4 nitrogen and oxygen atoms in total. The smallest absolute Gasteiger partial charge is 0.144 e.